The highest BCUT2D eigenvalue weighted by molar-refractivity contribution is 7.81. The molecule has 0 aromatic heterocycles. The van der Waals surface area contributed by atoms with Crippen molar-refractivity contribution in [1.29, 1.82) is 0 Å². The first-order valence-corrected chi connectivity index (χ1v) is 2.74. The fraction of sp³-hybridized carbons (Fsp3) is 0.750. The van der Waals surface area contributed by atoms with E-state index in [1.54, 1.807) is 6.92 Å². The van der Waals surface area contributed by atoms with Crippen molar-refractivity contribution in [1.82, 2.24) is 0 Å². The van der Waals surface area contributed by atoms with Gasteiger partial charge < -0.3 is 10.8 Å². The molecule has 48 valence electrons. The molecule has 0 saturated heterocycles. The first-order chi connectivity index (χ1) is 3.55. The van der Waals surface area contributed by atoms with Crippen LogP contribution in [0, 0.1) is 0 Å². The molecule has 2 unspecified atom stereocenters. The molecule has 0 saturated carbocycles. The van der Waals surface area contributed by atoms with Crippen LogP contribution in [0.5, 0.6) is 0 Å². The third-order valence-corrected chi connectivity index (χ3v) is 1.13. The molecule has 0 fully saturated rings. The summed E-state index contributed by atoms with van der Waals surface area (Å²) >= 11 is 3.83. The summed E-state index contributed by atoms with van der Waals surface area (Å²) in [4.78, 5) is 9.97. The molecule has 0 rings (SSSR count). The zero-order valence-corrected chi connectivity index (χ0v) is 5.43. The van der Waals surface area contributed by atoms with Gasteiger partial charge in [0.05, 0.1) is 0 Å². The smallest absolute Gasteiger partial charge is 0.321 e. The standard InChI is InChI=1S/C4H9NO2S/c1-2(8)3(5)4(6)7/h2-3,8H,5H2,1H3,(H,6,7). The summed E-state index contributed by atoms with van der Waals surface area (Å²) in [5.41, 5.74) is 5.08. The number of nitrogens with two attached hydrogens (primary N) is 1. The molecular weight excluding hydrogens is 126 g/mol. The summed E-state index contributed by atoms with van der Waals surface area (Å²) in [7, 11) is 0. The van der Waals surface area contributed by atoms with E-state index in [4.69, 9.17) is 10.8 Å². The molecule has 8 heavy (non-hydrogen) atoms. The molecule has 0 aromatic rings. The summed E-state index contributed by atoms with van der Waals surface area (Å²) in [6.07, 6.45) is 0. The molecule has 3 nitrogen and oxygen atoms in total. The summed E-state index contributed by atoms with van der Waals surface area (Å²) < 4.78 is 0. The van der Waals surface area contributed by atoms with E-state index in [2.05, 4.69) is 12.6 Å². The van der Waals surface area contributed by atoms with E-state index in [1.807, 2.05) is 0 Å². The second-order valence-electron chi connectivity index (χ2n) is 1.60. The lowest BCUT2D eigenvalue weighted by Crippen LogP contribution is -2.37. The van der Waals surface area contributed by atoms with Crippen molar-refractivity contribution in [3.8, 4) is 0 Å². The van der Waals surface area contributed by atoms with Gasteiger partial charge in [-0.25, -0.2) is 0 Å². The summed E-state index contributed by atoms with van der Waals surface area (Å²) in [6, 6.07) is -0.849. The molecule has 3 N–H and O–H groups in total. The first-order valence-electron chi connectivity index (χ1n) is 2.22. The third-order valence-electron chi connectivity index (χ3n) is 0.805. The van der Waals surface area contributed by atoms with Crippen molar-refractivity contribution >= 4 is 18.6 Å². The van der Waals surface area contributed by atoms with Crippen LogP contribution in [0.4, 0.5) is 0 Å². The molecule has 0 aliphatic rings. The molecule has 2 atom stereocenters. The molecule has 4 heteroatoms. The molecule has 0 spiro atoms. The zero-order valence-electron chi connectivity index (χ0n) is 4.53. The number of thiol groups is 1. The highest BCUT2D eigenvalue weighted by atomic mass is 32.1. The van der Waals surface area contributed by atoms with E-state index in [0.717, 1.165) is 0 Å². The van der Waals surface area contributed by atoms with E-state index in [9.17, 15) is 4.79 Å². The minimum Gasteiger partial charge on any atom is -0.480 e. The highest BCUT2D eigenvalue weighted by Gasteiger charge is 2.15. The van der Waals surface area contributed by atoms with Gasteiger partial charge in [-0.3, -0.25) is 4.79 Å². The Morgan fingerprint density at radius 3 is 2.25 bits per heavy atom. The second kappa shape index (κ2) is 2.94. The Bertz CT molecular complexity index is 94.0. The van der Waals surface area contributed by atoms with E-state index < -0.39 is 12.0 Å². The number of aliphatic carboxylic acids is 1. The van der Waals surface area contributed by atoms with Gasteiger partial charge in [0.25, 0.3) is 0 Å². The average Bonchev–Trinajstić information content (AvgIpc) is 1.64. The number of carbonyl (C=O) groups is 1. The maximum absolute atomic E-state index is 9.97. The molecule has 0 amide bonds. The molecule has 0 aliphatic heterocycles. The van der Waals surface area contributed by atoms with Gasteiger partial charge in [-0.2, -0.15) is 12.6 Å². The molecule has 0 heterocycles. The van der Waals surface area contributed by atoms with E-state index in [-0.39, 0.29) is 5.25 Å². The monoisotopic (exact) mass is 135 g/mol. The van der Waals surface area contributed by atoms with Gasteiger partial charge >= 0.3 is 5.97 Å². The van der Waals surface area contributed by atoms with Gasteiger partial charge in [0, 0.05) is 5.25 Å². The molecular formula is C4H9NO2S. The van der Waals surface area contributed by atoms with E-state index >= 15 is 0 Å². The SMILES string of the molecule is CC(S)C(N)C(=O)O. The van der Waals surface area contributed by atoms with E-state index in [1.165, 1.54) is 0 Å². The number of hydrogen-bond acceptors (Lipinski definition) is 3. The molecule has 0 aliphatic carbocycles. The lowest BCUT2D eigenvalue weighted by Gasteiger charge is -2.07. The van der Waals surface area contributed by atoms with Crippen LogP contribution in [-0.2, 0) is 4.79 Å². The second-order valence-corrected chi connectivity index (χ2v) is 2.42. The molecule has 0 radical (unpaired) electrons. The van der Waals surface area contributed by atoms with Crippen LogP contribution in [0.2, 0.25) is 0 Å². The summed E-state index contributed by atoms with van der Waals surface area (Å²) in [5.74, 6) is -1.01. The van der Waals surface area contributed by atoms with Gasteiger partial charge in [-0.05, 0) is 0 Å². The lowest BCUT2D eigenvalue weighted by atomic mass is 10.2. The molecule has 0 aromatic carbocycles. The topological polar surface area (TPSA) is 63.3 Å². The number of hydrogen-bond donors (Lipinski definition) is 3. The largest absolute Gasteiger partial charge is 0.480 e. The Labute approximate surface area is 53.3 Å². The predicted octanol–water partition coefficient (Wildman–Crippen LogP) is -0.283. The Kier molecular flexibility index (Phi) is 2.86. The van der Waals surface area contributed by atoms with Crippen molar-refractivity contribution in [3.05, 3.63) is 0 Å². The van der Waals surface area contributed by atoms with Crippen LogP contribution in [0.15, 0.2) is 0 Å². The van der Waals surface area contributed by atoms with Crippen LogP contribution in [0.25, 0.3) is 0 Å². The number of carboxylic acids is 1. The van der Waals surface area contributed by atoms with Gasteiger partial charge in [0.15, 0.2) is 0 Å². The lowest BCUT2D eigenvalue weighted by molar-refractivity contribution is -0.138. The number of carboxylic acid groups (broad SMARTS) is 1. The number of rotatable bonds is 2. The van der Waals surface area contributed by atoms with Crippen LogP contribution in [0.1, 0.15) is 6.92 Å². The Hall–Kier alpha value is -0.220. The Balaban J connectivity index is 3.64. The van der Waals surface area contributed by atoms with Gasteiger partial charge in [0.2, 0.25) is 0 Å². The minimum absolute atomic E-state index is 0.285. The van der Waals surface area contributed by atoms with Crippen molar-refractivity contribution in [3.63, 3.8) is 0 Å². The molecule has 0 bridgehead atoms. The zero-order chi connectivity index (χ0) is 6.73. The summed E-state index contributed by atoms with van der Waals surface area (Å²) in [6.45, 7) is 1.64. The maximum atomic E-state index is 9.97. The van der Waals surface area contributed by atoms with Crippen LogP contribution < -0.4 is 5.73 Å². The van der Waals surface area contributed by atoms with Crippen LogP contribution in [0.3, 0.4) is 0 Å². The van der Waals surface area contributed by atoms with Crippen molar-refractivity contribution in [2.45, 2.75) is 18.2 Å². The maximum Gasteiger partial charge on any atom is 0.321 e. The summed E-state index contributed by atoms with van der Waals surface area (Å²) in [5, 5.41) is 7.89. The average molecular weight is 135 g/mol. The Morgan fingerprint density at radius 2 is 2.25 bits per heavy atom. The van der Waals surface area contributed by atoms with Gasteiger partial charge in [-0.1, -0.05) is 6.92 Å². The minimum atomic E-state index is -1.01. The fourth-order valence-electron chi connectivity index (χ4n) is 0.206. The Morgan fingerprint density at radius 1 is 1.88 bits per heavy atom. The predicted molar refractivity (Wildman–Crippen MR) is 34.1 cm³/mol. The highest BCUT2D eigenvalue weighted by Crippen LogP contribution is 1.96. The van der Waals surface area contributed by atoms with Gasteiger partial charge in [-0.15, -0.1) is 0 Å². The van der Waals surface area contributed by atoms with E-state index in [0.29, 0.717) is 0 Å². The van der Waals surface area contributed by atoms with Crippen LogP contribution >= 0.6 is 12.6 Å². The van der Waals surface area contributed by atoms with Crippen LogP contribution in [-0.4, -0.2) is 22.4 Å². The van der Waals surface area contributed by atoms with Gasteiger partial charge in [0.1, 0.15) is 6.04 Å². The van der Waals surface area contributed by atoms with Crippen molar-refractivity contribution in [2.75, 3.05) is 0 Å². The normalized spacial score (nSPS) is 17.4. The van der Waals surface area contributed by atoms with Crippen molar-refractivity contribution < 1.29 is 9.90 Å². The first kappa shape index (κ1) is 7.78. The quantitative estimate of drug-likeness (QED) is 0.456. The third kappa shape index (κ3) is 2.18. The fourth-order valence-corrected chi connectivity index (χ4v) is 0.334. The van der Waals surface area contributed by atoms with Crippen molar-refractivity contribution in [2.24, 2.45) is 5.73 Å².